The van der Waals surface area contributed by atoms with Gasteiger partial charge in [-0.2, -0.15) is 8.78 Å². The molecule has 0 saturated carbocycles. The molecule has 2 aromatic rings. The number of hydrogen-bond acceptors (Lipinski definition) is 3. The molecule has 0 fully saturated rings. The molecule has 0 bridgehead atoms. The summed E-state index contributed by atoms with van der Waals surface area (Å²) in [5.41, 5.74) is 0.725. The molecule has 0 aliphatic rings. The van der Waals surface area contributed by atoms with Crippen molar-refractivity contribution in [1.29, 1.82) is 0 Å². The molecule has 1 aromatic heterocycles. The highest BCUT2D eigenvalue weighted by molar-refractivity contribution is 5.78. The number of rotatable bonds is 8. The van der Waals surface area contributed by atoms with Gasteiger partial charge in [0.15, 0.2) is 0 Å². The van der Waals surface area contributed by atoms with Crippen LogP contribution in [-0.2, 0) is 16.6 Å². The number of alkyl halides is 4. The fraction of sp³-hybridized carbons (Fsp3) is 0.375. The topological polar surface area (TPSA) is 56.2 Å². The lowest BCUT2D eigenvalue weighted by Crippen LogP contribution is -2.37. The number of aryl methyl sites for hydroxylation is 1. The predicted molar refractivity (Wildman–Crippen MR) is 81.4 cm³/mol. The standard InChI is InChI=1S/C16H17F4N3O2/c1-23-8-7-21-14(23)13(11-5-3-2-4-6-11)22-12(24)9-25-10-16(19,20)15(17)18/h2-8,13,15H,9-10H2,1H3,(H,22,24)/t13-/m0/s1. The summed E-state index contributed by atoms with van der Waals surface area (Å²) in [5, 5.41) is 2.61. The lowest BCUT2D eigenvalue weighted by Gasteiger charge is -2.20. The zero-order valence-electron chi connectivity index (χ0n) is 13.3. The number of nitrogens with one attached hydrogen (secondary N) is 1. The molecule has 1 atom stereocenters. The second kappa shape index (κ2) is 8.11. The fourth-order valence-corrected chi connectivity index (χ4v) is 2.14. The van der Waals surface area contributed by atoms with Crippen LogP contribution < -0.4 is 5.32 Å². The Labute approximate surface area is 141 Å². The molecule has 1 N–H and O–H groups in total. The van der Waals surface area contributed by atoms with Gasteiger partial charge in [-0.25, -0.2) is 13.8 Å². The van der Waals surface area contributed by atoms with E-state index in [0.29, 0.717) is 5.82 Å². The summed E-state index contributed by atoms with van der Waals surface area (Å²) in [6.45, 7) is -2.30. The van der Waals surface area contributed by atoms with Gasteiger partial charge in [0.1, 0.15) is 25.1 Å². The highest BCUT2D eigenvalue weighted by Gasteiger charge is 2.41. The van der Waals surface area contributed by atoms with Crippen LogP contribution >= 0.6 is 0 Å². The van der Waals surface area contributed by atoms with Crippen molar-refractivity contribution in [1.82, 2.24) is 14.9 Å². The Kier molecular flexibility index (Phi) is 6.13. The predicted octanol–water partition coefficient (Wildman–Crippen LogP) is 2.54. The molecule has 1 heterocycles. The number of nitrogens with zero attached hydrogens (tertiary/aromatic N) is 2. The maximum atomic E-state index is 12.8. The van der Waals surface area contributed by atoms with E-state index in [0.717, 1.165) is 5.56 Å². The lowest BCUT2D eigenvalue weighted by atomic mass is 10.1. The second-order valence-electron chi connectivity index (χ2n) is 5.36. The molecular formula is C16H17F4N3O2. The van der Waals surface area contributed by atoms with Gasteiger partial charge in [-0.05, 0) is 5.56 Å². The minimum atomic E-state index is -4.29. The van der Waals surface area contributed by atoms with Crippen LogP contribution in [0.3, 0.4) is 0 Å². The molecule has 5 nitrogen and oxygen atoms in total. The monoisotopic (exact) mass is 359 g/mol. The largest absolute Gasteiger partial charge is 0.365 e. The highest BCUT2D eigenvalue weighted by Crippen LogP contribution is 2.23. The Morgan fingerprint density at radius 3 is 2.56 bits per heavy atom. The molecule has 136 valence electrons. The number of aromatic nitrogens is 2. The highest BCUT2D eigenvalue weighted by atomic mass is 19.3. The third-order valence-corrected chi connectivity index (χ3v) is 3.40. The molecule has 0 unspecified atom stereocenters. The van der Waals surface area contributed by atoms with Crippen molar-refractivity contribution in [2.45, 2.75) is 18.4 Å². The van der Waals surface area contributed by atoms with Gasteiger partial charge in [0.2, 0.25) is 5.91 Å². The van der Waals surface area contributed by atoms with Crippen LogP contribution in [0.15, 0.2) is 42.7 Å². The van der Waals surface area contributed by atoms with E-state index in [1.807, 2.05) is 0 Å². The van der Waals surface area contributed by atoms with Crippen LogP contribution in [-0.4, -0.2) is 41.0 Å². The molecule has 9 heteroatoms. The molecule has 25 heavy (non-hydrogen) atoms. The average molecular weight is 359 g/mol. The van der Waals surface area contributed by atoms with Gasteiger partial charge < -0.3 is 14.6 Å². The number of carbonyl (C=O) groups is 1. The minimum Gasteiger partial charge on any atom is -0.365 e. The first-order valence-corrected chi connectivity index (χ1v) is 7.36. The zero-order valence-corrected chi connectivity index (χ0v) is 13.3. The van der Waals surface area contributed by atoms with E-state index >= 15 is 0 Å². The summed E-state index contributed by atoms with van der Waals surface area (Å²) in [6.07, 6.45) is -0.603. The summed E-state index contributed by atoms with van der Waals surface area (Å²) in [5.74, 6) is -4.49. The normalized spacial score (nSPS) is 13.0. The Morgan fingerprint density at radius 1 is 1.32 bits per heavy atom. The van der Waals surface area contributed by atoms with Gasteiger partial charge in [0.05, 0.1) is 0 Å². The number of ether oxygens (including phenoxy) is 1. The first kappa shape index (κ1) is 18.9. The number of imidazole rings is 1. The van der Waals surface area contributed by atoms with E-state index in [4.69, 9.17) is 0 Å². The van der Waals surface area contributed by atoms with Gasteiger partial charge in [-0.3, -0.25) is 4.79 Å². The van der Waals surface area contributed by atoms with Crippen molar-refractivity contribution in [2.75, 3.05) is 13.2 Å². The molecule has 2 rings (SSSR count). The van der Waals surface area contributed by atoms with Gasteiger partial charge in [-0.1, -0.05) is 30.3 Å². The van der Waals surface area contributed by atoms with Gasteiger partial charge in [0, 0.05) is 19.4 Å². The Bertz CT molecular complexity index is 692. The van der Waals surface area contributed by atoms with Crippen LogP contribution in [0.4, 0.5) is 17.6 Å². The van der Waals surface area contributed by atoms with E-state index in [9.17, 15) is 22.4 Å². The van der Waals surface area contributed by atoms with Crippen LogP contribution in [0.2, 0.25) is 0 Å². The van der Waals surface area contributed by atoms with Crippen LogP contribution in [0.25, 0.3) is 0 Å². The van der Waals surface area contributed by atoms with Crippen LogP contribution in [0.1, 0.15) is 17.4 Å². The molecule has 0 radical (unpaired) electrons. The van der Waals surface area contributed by atoms with Crippen molar-refractivity contribution in [3.8, 4) is 0 Å². The minimum absolute atomic E-state index is 0.525. The molecule has 0 aliphatic heterocycles. The van der Waals surface area contributed by atoms with Crippen molar-refractivity contribution >= 4 is 5.91 Å². The first-order chi connectivity index (χ1) is 11.8. The maximum absolute atomic E-state index is 12.8. The van der Waals surface area contributed by atoms with Crippen LogP contribution in [0.5, 0.6) is 0 Å². The Morgan fingerprint density at radius 2 is 2.00 bits per heavy atom. The van der Waals surface area contributed by atoms with Gasteiger partial charge in [0.25, 0.3) is 0 Å². The third-order valence-electron chi connectivity index (χ3n) is 3.40. The number of carbonyl (C=O) groups excluding carboxylic acids is 1. The van der Waals surface area contributed by atoms with E-state index in [1.54, 1.807) is 54.3 Å². The number of benzene rings is 1. The second-order valence-corrected chi connectivity index (χ2v) is 5.36. The summed E-state index contributed by atoms with van der Waals surface area (Å²) in [7, 11) is 1.74. The Hall–Kier alpha value is -2.42. The van der Waals surface area contributed by atoms with E-state index in [-0.39, 0.29) is 0 Å². The molecular weight excluding hydrogens is 342 g/mol. The quantitative estimate of drug-likeness (QED) is 0.737. The summed E-state index contributed by atoms with van der Waals surface area (Å²) >= 11 is 0. The summed E-state index contributed by atoms with van der Waals surface area (Å²) in [6, 6.07) is 8.26. The first-order valence-electron chi connectivity index (χ1n) is 7.36. The van der Waals surface area contributed by atoms with Gasteiger partial charge >= 0.3 is 12.3 Å². The SMILES string of the molecule is Cn1ccnc1[C@@H](NC(=O)COCC(F)(F)C(F)F)c1ccccc1. The summed E-state index contributed by atoms with van der Waals surface area (Å²) < 4.78 is 55.8. The number of hydrogen-bond donors (Lipinski definition) is 1. The Balaban J connectivity index is 2.03. The number of amides is 1. The zero-order chi connectivity index (χ0) is 18.4. The van der Waals surface area contributed by atoms with Crippen molar-refractivity contribution in [3.05, 3.63) is 54.1 Å². The smallest absolute Gasteiger partial charge is 0.330 e. The molecule has 0 saturated heterocycles. The molecule has 0 spiro atoms. The fourth-order valence-electron chi connectivity index (χ4n) is 2.14. The van der Waals surface area contributed by atoms with Gasteiger partial charge in [-0.15, -0.1) is 0 Å². The van der Waals surface area contributed by atoms with Crippen molar-refractivity contribution in [3.63, 3.8) is 0 Å². The van der Waals surface area contributed by atoms with E-state index in [2.05, 4.69) is 15.0 Å². The molecule has 1 amide bonds. The average Bonchev–Trinajstić information content (AvgIpc) is 2.99. The molecule has 1 aromatic carbocycles. The van der Waals surface area contributed by atoms with Crippen molar-refractivity contribution < 1.29 is 27.1 Å². The van der Waals surface area contributed by atoms with Crippen molar-refractivity contribution in [2.24, 2.45) is 7.05 Å². The number of halogens is 4. The van der Waals surface area contributed by atoms with E-state index in [1.165, 1.54) is 0 Å². The van der Waals surface area contributed by atoms with Crippen LogP contribution in [0, 0.1) is 0 Å². The third kappa shape index (κ3) is 5.02. The van der Waals surface area contributed by atoms with E-state index < -0.39 is 37.5 Å². The molecule has 0 aliphatic carbocycles. The lowest BCUT2D eigenvalue weighted by molar-refractivity contribution is -0.168. The summed E-state index contributed by atoms with van der Waals surface area (Å²) in [4.78, 5) is 16.2. The maximum Gasteiger partial charge on any atom is 0.330 e.